The number of rotatable bonds is 1. The van der Waals surface area contributed by atoms with Crippen LogP contribution in [0.25, 0.3) is 0 Å². The first kappa shape index (κ1) is 11.3. The number of carbonyl (C=O) groups excluding carboxylic acids is 1. The standard InChI is InChI=1S/C14H13N3O3/c1-7-11-12(15-14(18)13(11)17(2)16-7)8-3-4-9-10(5-8)20-6-19-9/h3-5,12H,6H2,1-2H3,(H,15,18). The number of hydrogen-bond acceptors (Lipinski definition) is 4. The van der Waals surface area contributed by atoms with Gasteiger partial charge in [-0.3, -0.25) is 9.48 Å². The molecular formula is C14H13N3O3. The lowest BCUT2D eigenvalue weighted by atomic mass is 10.00. The maximum absolute atomic E-state index is 12.1. The third kappa shape index (κ3) is 1.39. The minimum Gasteiger partial charge on any atom is -0.454 e. The van der Waals surface area contributed by atoms with Crippen molar-refractivity contribution in [2.24, 2.45) is 7.05 Å². The van der Waals surface area contributed by atoms with E-state index in [0.717, 1.165) is 22.6 Å². The first-order valence-electron chi connectivity index (χ1n) is 6.39. The van der Waals surface area contributed by atoms with Gasteiger partial charge in [0.15, 0.2) is 11.5 Å². The van der Waals surface area contributed by atoms with Crippen molar-refractivity contribution >= 4 is 5.91 Å². The zero-order valence-corrected chi connectivity index (χ0v) is 11.1. The van der Waals surface area contributed by atoms with E-state index in [4.69, 9.17) is 9.47 Å². The summed E-state index contributed by atoms with van der Waals surface area (Å²) in [6, 6.07) is 5.54. The van der Waals surface area contributed by atoms with E-state index in [1.165, 1.54) is 0 Å². The molecule has 0 radical (unpaired) electrons. The molecule has 102 valence electrons. The summed E-state index contributed by atoms with van der Waals surface area (Å²) < 4.78 is 12.3. The summed E-state index contributed by atoms with van der Waals surface area (Å²) in [5.41, 5.74) is 3.41. The Balaban J connectivity index is 1.84. The molecule has 0 saturated carbocycles. The largest absolute Gasteiger partial charge is 0.454 e. The second kappa shape index (κ2) is 3.75. The fourth-order valence-electron chi connectivity index (χ4n) is 2.90. The van der Waals surface area contributed by atoms with Crippen LogP contribution in [0, 0.1) is 6.92 Å². The highest BCUT2D eigenvalue weighted by molar-refractivity contribution is 5.98. The van der Waals surface area contributed by atoms with Crippen molar-refractivity contribution in [3.05, 3.63) is 40.7 Å². The molecule has 1 atom stereocenters. The van der Waals surface area contributed by atoms with Crippen LogP contribution in [0.2, 0.25) is 0 Å². The fourth-order valence-corrected chi connectivity index (χ4v) is 2.90. The minimum absolute atomic E-state index is 0.0919. The summed E-state index contributed by atoms with van der Waals surface area (Å²) >= 11 is 0. The number of nitrogens with one attached hydrogen (secondary N) is 1. The molecule has 6 nitrogen and oxygen atoms in total. The second-order valence-corrected chi connectivity index (χ2v) is 4.99. The van der Waals surface area contributed by atoms with Crippen LogP contribution in [0.15, 0.2) is 18.2 Å². The predicted octanol–water partition coefficient (Wildman–Crippen LogP) is 1.29. The average Bonchev–Trinajstić information content (AvgIpc) is 3.07. The molecule has 1 unspecified atom stereocenters. The van der Waals surface area contributed by atoms with Gasteiger partial charge < -0.3 is 14.8 Å². The summed E-state index contributed by atoms with van der Waals surface area (Å²) in [5.74, 6) is 1.36. The molecule has 0 saturated heterocycles. The Morgan fingerprint density at radius 1 is 1.35 bits per heavy atom. The summed E-state index contributed by atoms with van der Waals surface area (Å²) in [5, 5.41) is 7.32. The van der Waals surface area contributed by atoms with E-state index in [-0.39, 0.29) is 18.7 Å². The first-order chi connectivity index (χ1) is 9.65. The summed E-state index contributed by atoms with van der Waals surface area (Å²) in [4.78, 5) is 12.1. The van der Waals surface area contributed by atoms with E-state index in [1.807, 2.05) is 25.1 Å². The molecule has 0 bridgehead atoms. The van der Waals surface area contributed by atoms with Gasteiger partial charge in [-0.1, -0.05) is 6.07 Å². The van der Waals surface area contributed by atoms with Gasteiger partial charge >= 0.3 is 0 Å². The molecule has 1 aromatic heterocycles. The number of aromatic nitrogens is 2. The van der Waals surface area contributed by atoms with E-state index >= 15 is 0 Å². The third-order valence-corrected chi connectivity index (χ3v) is 3.78. The summed E-state index contributed by atoms with van der Waals surface area (Å²) in [6.07, 6.45) is 0. The van der Waals surface area contributed by atoms with Gasteiger partial charge in [-0.25, -0.2) is 0 Å². The lowest BCUT2D eigenvalue weighted by Gasteiger charge is -2.12. The van der Waals surface area contributed by atoms with Gasteiger partial charge in [0.05, 0.1) is 11.7 Å². The van der Waals surface area contributed by atoms with Crippen molar-refractivity contribution in [1.82, 2.24) is 15.1 Å². The van der Waals surface area contributed by atoms with Crippen LogP contribution >= 0.6 is 0 Å². The Morgan fingerprint density at radius 2 is 2.15 bits per heavy atom. The van der Waals surface area contributed by atoms with Crippen molar-refractivity contribution in [2.75, 3.05) is 6.79 Å². The molecule has 0 fully saturated rings. The molecule has 1 N–H and O–H groups in total. The van der Waals surface area contributed by atoms with Gasteiger partial charge in [0.2, 0.25) is 6.79 Å². The molecule has 6 heteroatoms. The van der Waals surface area contributed by atoms with E-state index in [1.54, 1.807) is 11.7 Å². The number of benzene rings is 1. The van der Waals surface area contributed by atoms with Crippen LogP contribution < -0.4 is 14.8 Å². The molecule has 1 amide bonds. The van der Waals surface area contributed by atoms with Crippen LogP contribution in [0.1, 0.15) is 33.4 Å². The highest BCUT2D eigenvalue weighted by Crippen LogP contribution is 2.38. The van der Waals surface area contributed by atoms with Gasteiger partial charge in [0, 0.05) is 12.6 Å². The number of aryl methyl sites for hydroxylation is 2. The smallest absolute Gasteiger partial charge is 0.270 e. The molecule has 3 heterocycles. The van der Waals surface area contributed by atoms with Crippen LogP contribution in [-0.2, 0) is 7.05 Å². The van der Waals surface area contributed by atoms with Crippen molar-refractivity contribution in [3.63, 3.8) is 0 Å². The van der Waals surface area contributed by atoms with E-state index in [9.17, 15) is 4.79 Å². The SMILES string of the molecule is Cc1nn(C)c2c1C(c1ccc3c(c1)OCO3)NC2=O. The molecule has 1 aromatic carbocycles. The van der Waals surface area contributed by atoms with E-state index in [0.29, 0.717) is 11.4 Å². The molecule has 4 rings (SSSR count). The topological polar surface area (TPSA) is 65.4 Å². The predicted molar refractivity (Wildman–Crippen MR) is 69.8 cm³/mol. The summed E-state index contributed by atoms with van der Waals surface area (Å²) in [6.45, 7) is 2.16. The van der Waals surface area contributed by atoms with Crippen LogP contribution in [-0.4, -0.2) is 22.5 Å². The van der Waals surface area contributed by atoms with Crippen molar-refractivity contribution < 1.29 is 14.3 Å². The summed E-state index contributed by atoms with van der Waals surface area (Å²) in [7, 11) is 1.79. The molecule has 0 aliphatic carbocycles. The van der Waals surface area contributed by atoms with Crippen LogP contribution in [0.4, 0.5) is 0 Å². The molecular weight excluding hydrogens is 258 g/mol. The molecule has 2 aliphatic heterocycles. The maximum atomic E-state index is 12.1. The van der Waals surface area contributed by atoms with Gasteiger partial charge in [0.25, 0.3) is 5.91 Å². The monoisotopic (exact) mass is 271 g/mol. The Hall–Kier alpha value is -2.50. The highest BCUT2D eigenvalue weighted by atomic mass is 16.7. The second-order valence-electron chi connectivity index (χ2n) is 4.99. The quantitative estimate of drug-likeness (QED) is 0.848. The third-order valence-electron chi connectivity index (χ3n) is 3.78. The lowest BCUT2D eigenvalue weighted by Crippen LogP contribution is -2.22. The fraction of sp³-hybridized carbons (Fsp3) is 0.286. The minimum atomic E-state index is -0.180. The zero-order chi connectivity index (χ0) is 13.9. The number of ether oxygens (including phenoxy) is 2. The lowest BCUT2D eigenvalue weighted by molar-refractivity contribution is 0.0951. The Labute approximate surface area is 115 Å². The Bertz CT molecular complexity index is 736. The Morgan fingerprint density at radius 3 is 3.00 bits per heavy atom. The van der Waals surface area contributed by atoms with Gasteiger partial charge in [-0.2, -0.15) is 5.10 Å². The van der Waals surface area contributed by atoms with Crippen LogP contribution in [0.3, 0.4) is 0 Å². The molecule has 0 spiro atoms. The number of hydrogen-bond donors (Lipinski definition) is 1. The van der Waals surface area contributed by atoms with Gasteiger partial charge in [-0.15, -0.1) is 0 Å². The Kier molecular flexibility index (Phi) is 2.13. The van der Waals surface area contributed by atoms with Gasteiger partial charge in [0.1, 0.15) is 5.69 Å². The van der Waals surface area contributed by atoms with E-state index < -0.39 is 0 Å². The molecule has 2 aromatic rings. The van der Waals surface area contributed by atoms with Crippen LogP contribution in [0.5, 0.6) is 11.5 Å². The highest BCUT2D eigenvalue weighted by Gasteiger charge is 2.35. The van der Waals surface area contributed by atoms with Crippen molar-refractivity contribution in [3.8, 4) is 11.5 Å². The maximum Gasteiger partial charge on any atom is 0.270 e. The molecule has 20 heavy (non-hydrogen) atoms. The number of fused-ring (bicyclic) bond motifs is 2. The first-order valence-corrected chi connectivity index (χ1v) is 6.39. The number of nitrogens with zero attached hydrogens (tertiary/aromatic N) is 2. The average molecular weight is 271 g/mol. The van der Waals surface area contributed by atoms with Gasteiger partial charge in [-0.05, 0) is 24.6 Å². The molecule has 2 aliphatic rings. The number of amides is 1. The van der Waals surface area contributed by atoms with E-state index in [2.05, 4.69) is 10.4 Å². The zero-order valence-electron chi connectivity index (χ0n) is 11.1. The number of carbonyl (C=O) groups is 1. The normalized spacial score (nSPS) is 19.1. The van der Waals surface area contributed by atoms with Crippen molar-refractivity contribution in [2.45, 2.75) is 13.0 Å². The van der Waals surface area contributed by atoms with Crippen molar-refractivity contribution in [1.29, 1.82) is 0 Å².